The van der Waals surface area contributed by atoms with Gasteiger partial charge in [-0.25, -0.2) is 0 Å². The summed E-state index contributed by atoms with van der Waals surface area (Å²) in [6.07, 6.45) is 5.17. The summed E-state index contributed by atoms with van der Waals surface area (Å²) in [7, 11) is 0. The van der Waals surface area contributed by atoms with Gasteiger partial charge < -0.3 is 0 Å². The topological polar surface area (TPSA) is 0 Å². The Hall–Kier alpha value is -1.56. The van der Waals surface area contributed by atoms with Gasteiger partial charge in [0.2, 0.25) is 0 Å². The van der Waals surface area contributed by atoms with Crippen LogP contribution in [0.4, 0.5) is 0 Å². The SMILES string of the molecule is C=CC(=C)C.C=CC(=C)C.C=CC(=C)C. The third-order valence-corrected chi connectivity index (χ3v) is 1.05. The zero-order valence-corrected chi connectivity index (χ0v) is 10.5. The van der Waals surface area contributed by atoms with Crippen LogP contribution in [-0.4, -0.2) is 0 Å². The van der Waals surface area contributed by atoms with E-state index in [1.807, 2.05) is 20.8 Å². The van der Waals surface area contributed by atoms with Crippen LogP contribution in [-0.2, 0) is 0 Å². The number of hydrogen-bond donors (Lipinski definition) is 0. The van der Waals surface area contributed by atoms with Crippen molar-refractivity contribution in [3.05, 3.63) is 74.4 Å². The van der Waals surface area contributed by atoms with Crippen molar-refractivity contribution in [2.45, 2.75) is 20.8 Å². The minimum Gasteiger partial charge on any atom is -0.0988 e. The Morgan fingerprint density at radius 3 is 0.667 bits per heavy atom. The van der Waals surface area contributed by atoms with Crippen molar-refractivity contribution in [3.8, 4) is 0 Å². The maximum absolute atomic E-state index is 3.56. The molecule has 0 atom stereocenters. The highest BCUT2D eigenvalue weighted by molar-refractivity contribution is 5.06. The van der Waals surface area contributed by atoms with Crippen LogP contribution in [0.5, 0.6) is 0 Å². The van der Waals surface area contributed by atoms with E-state index in [2.05, 4.69) is 39.5 Å². The average molecular weight is 204 g/mol. The Bertz CT molecular complexity index is 196. The van der Waals surface area contributed by atoms with Crippen molar-refractivity contribution in [2.24, 2.45) is 0 Å². The molecule has 0 fully saturated rings. The van der Waals surface area contributed by atoms with Gasteiger partial charge in [0.1, 0.15) is 0 Å². The molecule has 0 unspecified atom stereocenters. The zero-order chi connectivity index (χ0) is 12.9. The molecule has 0 aliphatic carbocycles. The summed E-state index contributed by atoms with van der Waals surface area (Å²) in [5.41, 5.74) is 3.06. The molecule has 0 heteroatoms. The van der Waals surface area contributed by atoms with Gasteiger partial charge >= 0.3 is 0 Å². The second-order valence-corrected chi connectivity index (χ2v) is 3.15. The van der Waals surface area contributed by atoms with Crippen molar-refractivity contribution in [1.82, 2.24) is 0 Å². The molecule has 0 aliphatic heterocycles. The van der Waals surface area contributed by atoms with Crippen molar-refractivity contribution < 1.29 is 0 Å². The summed E-state index contributed by atoms with van der Waals surface area (Å²) in [5, 5.41) is 0. The predicted molar refractivity (Wildman–Crippen MR) is 75.0 cm³/mol. The lowest BCUT2D eigenvalue weighted by molar-refractivity contribution is 1.58. The van der Waals surface area contributed by atoms with Crippen LogP contribution in [0.1, 0.15) is 20.8 Å². The molecule has 84 valence electrons. The third kappa shape index (κ3) is 68.8. The second-order valence-electron chi connectivity index (χ2n) is 3.15. The van der Waals surface area contributed by atoms with Gasteiger partial charge in [-0.05, 0) is 20.8 Å². The Balaban J connectivity index is -0.000000144. The number of allylic oxidation sites excluding steroid dienone is 6. The summed E-state index contributed by atoms with van der Waals surface area (Å²) >= 11 is 0. The van der Waals surface area contributed by atoms with E-state index in [1.165, 1.54) is 0 Å². The van der Waals surface area contributed by atoms with Crippen LogP contribution in [0.15, 0.2) is 74.4 Å². The molecule has 0 spiro atoms. The molecule has 0 N–H and O–H groups in total. The molecule has 0 aromatic carbocycles. The average Bonchev–Trinajstić information content (AvgIpc) is 2.19. The van der Waals surface area contributed by atoms with E-state index in [9.17, 15) is 0 Å². The summed E-state index contributed by atoms with van der Waals surface area (Å²) in [6, 6.07) is 0. The molecule has 0 saturated carbocycles. The summed E-state index contributed by atoms with van der Waals surface area (Å²) in [5.74, 6) is 0. The van der Waals surface area contributed by atoms with Crippen LogP contribution in [0.2, 0.25) is 0 Å². The van der Waals surface area contributed by atoms with Crippen LogP contribution in [0.25, 0.3) is 0 Å². The first-order chi connectivity index (χ1) is 6.81. The summed E-state index contributed by atoms with van der Waals surface area (Å²) in [4.78, 5) is 0. The second kappa shape index (κ2) is 14.9. The van der Waals surface area contributed by atoms with Gasteiger partial charge in [0.15, 0.2) is 0 Å². The highest BCUT2D eigenvalue weighted by Crippen LogP contribution is 1.81. The third-order valence-electron chi connectivity index (χ3n) is 1.05. The first kappa shape index (κ1) is 19.1. The molecule has 0 radical (unpaired) electrons. The number of hydrogen-bond acceptors (Lipinski definition) is 0. The lowest BCUT2D eigenvalue weighted by Gasteiger charge is -1.71. The molecule has 0 nitrogen and oxygen atoms in total. The normalized spacial score (nSPS) is 6.60. The molecule has 0 saturated heterocycles. The molecule has 0 rings (SSSR count). The van der Waals surface area contributed by atoms with E-state index in [-0.39, 0.29) is 0 Å². The van der Waals surface area contributed by atoms with Crippen molar-refractivity contribution in [2.75, 3.05) is 0 Å². The Morgan fingerprint density at radius 1 is 0.600 bits per heavy atom. The lowest BCUT2D eigenvalue weighted by Crippen LogP contribution is -1.50. The van der Waals surface area contributed by atoms with Crippen molar-refractivity contribution in [1.29, 1.82) is 0 Å². The van der Waals surface area contributed by atoms with Gasteiger partial charge in [0, 0.05) is 0 Å². The minimum atomic E-state index is 1.02. The molecule has 15 heavy (non-hydrogen) atoms. The quantitative estimate of drug-likeness (QED) is 0.551. The monoisotopic (exact) mass is 204 g/mol. The largest absolute Gasteiger partial charge is 0.0988 e. The van der Waals surface area contributed by atoms with E-state index < -0.39 is 0 Å². The Morgan fingerprint density at radius 2 is 0.667 bits per heavy atom. The Kier molecular flexibility index (Phi) is 19.0. The van der Waals surface area contributed by atoms with Crippen molar-refractivity contribution >= 4 is 0 Å². The molecule has 0 aromatic heterocycles. The van der Waals surface area contributed by atoms with Gasteiger partial charge in [0.25, 0.3) is 0 Å². The van der Waals surface area contributed by atoms with Gasteiger partial charge in [0.05, 0.1) is 0 Å². The smallest absolute Gasteiger partial charge is 0.0404 e. The fraction of sp³-hybridized carbons (Fsp3) is 0.200. The molecule has 0 aliphatic rings. The highest BCUT2D eigenvalue weighted by Gasteiger charge is 1.60. The van der Waals surface area contributed by atoms with E-state index in [4.69, 9.17) is 0 Å². The predicted octanol–water partition coefficient (Wildman–Crippen LogP) is 5.25. The standard InChI is InChI=1S/3C5H8/c3*1-4-5(2)3/h3*4H,1-2H2,3H3. The van der Waals surface area contributed by atoms with Gasteiger partial charge in [-0.15, -0.1) is 0 Å². The molecular formula is C15H24. The van der Waals surface area contributed by atoms with Crippen molar-refractivity contribution in [3.63, 3.8) is 0 Å². The fourth-order valence-corrected chi connectivity index (χ4v) is 0. The highest BCUT2D eigenvalue weighted by atomic mass is 13.7. The zero-order valence-electron chi connectivity index (χ0n) is 10.5. The van der Waals surface area contributed by atoms with E-state index in [0.717, 1.165) is 16.7 Å². The Labute approximate surface area is 95.7 Å². The first-order valence-electron chi connectivity index (χ1n) is 4.65. The molecule has 0 heterocycles. The number of rotatable bonds is 3. The van der Waals surface area contributed by atoms with Gasteiger partial charge in [-0.2, -0.15) is 0 Å². The molecule has 0 bridgehead atoms. The first-order valence-corrected chi connectivity index (χ1v) is 4.65. The van der Waals surface area contributed by atoms with E-state index >= 15 is 0 Å². The van der Waals surface area contributed by atoms with E-state index in [0.29, 0.717) is 0 Å². The molecule has 0 aromatic rings. The summed E-state index contributed by atoms with van der Waals surface area (Å²) < 4.78 is 0. The molecule has 0 amide bonds. The minimum absolute atomic E-state index is 1.02. The van der Waals surface area contributed by atoms with Crippen LogP contribution < -0.4 is 0 Å². The molecular weight excluding hydrogens is 180 g/mol. The van der Waals surface area contributed by atoms with Crippen LogP contribution in [0, 0.1) is 0 Å². The lowest BCUT2D eigenvalue weighted by atomic mass is 10.4. The van der Waals surface area contributed by atoms with Gasteiger partial charge in [-0.1, -0.05) is 74.4 Å². The van der Waals surface area contributed by atoms with Crippen LogP contribution in [0.3, 0.4) is 0 Å². The maximum Gasteiger partial charge on any atom is -0.0404 e. The summed E-state index contributed by atoms with van der Waals surface area (Å²) in [6.45, 7) is 26.8. The van der Waals surface area contributed by atoms with Gasteiger partial charge in [-0.3, -0.25) is 0 Å². The van der Waals surface area contributed by atoms with Crippen LogP contribution >= 0.6 is 0 Å². The maximum atomic E-state index is 3.56. The fourth-order valence-electron chi connectivity index (χ4n) is 0. The van der Waals surface area contributed by atoms with E-state index in [1.54, 1.807) is 18.2 Å².